The molecular formula is C16H26. The average Bonchev–Trinajstić information content (AvgIpc) is 1.96. The lowest BCUT2D eigenvalue weighted by Gasteiger charge is -2.30. The van der Waals surface area contributed by atoms with E-state index in [-0.39, 0.29) is 5.41 Å². The molecule has 1 aliphatic carbocycles. The molecule has 16 heavy (non-hydrogen) atoms. The lowest BCUT2D eigenvalue weighted by atomic mass is 9.75. The Hall–Kier alpha value is -0.780. The van der Waals surface area contributed by atoms with Crippen LogP contribution >= 0.6 is 0 Å². The smallest absolute Gasteiger partial charge is 0.0200 e. The molecule has 0 heterocycles. The summed E-state index contributed by atoms with van der Waals surface area (Å²) in [5.41, 5.74) is 3.68. The minimum Gasteiger partial charge on any atom is -0.0791 e. The van der Waals surface area contributed by atoms with Crippen molar-refractivity contribution in [3.05, 3.63) is 35.5 Å². The Morgan fingerprint density at radius 3 is 2.31 bits per heavy atom. The predicted molar refractivity (Wildman–Crippen MR) is 73.5 cm³/mol. The molecule has 0 saturated heterocycles. The molecule has 0 radical (unpaired) electrons. The van der Waals surface area contributed by atoms with Gasteiger partial charge in [0, 0.05) is 0 Å². The standard InChI is InChI=1S/C16H26/c1-13-10-14(12-16(5,6)11-13)8-7-9-15(2,3)4/h7-10H,11-12H2,1-6H3/b9-7+,14-8-. The maximum atomic E-state index is 2.35. The number of allylic oxidation sites excluding steroid dienone is 6. The van der Waals surface area contributed by atoms with Gasteiger partial charge in [-0.1, -0.05) is 64.5 Å². The molecule has 0 amide bonds. The zero-order chi connectivity index (χ0) is 12.4. The molecule has 90 valence electrons. The van der Waals surface area contributed by atoms with Crippen LogP contribution in [-0.2, 0) is 0 Å². The summed E-state index contributed by atoms with van der Waals surface area (Å²) in [7, 11) is 0. The molecule has 0 aromatic carbocycles. The minimum atomic E-state index is 0.278. The Morgan fingerprint density at radius 2 is 1.81 bits per heavy atom. The van der Waals surface area contributed by atoms with E-state index in [1.807, 2.05) is 0 Å². The van der Waals surface area contributed by atoms with E-state index in [1.165, 1.54) is 24.0 Å². The van der Waals surface area contributed by atoms with Crippen molar-refractivity contribution < 1.29 is 0 Å². The van der Waals surface area contributed by atoms with Crippen LogP contribution in [0.4, 0.5) is 0 Å². The first-order valence-electron chi connectivity index (χ1n) is 6.24. The lowest BCUT2D eigenvalue weighted by Crippen LogP contribution is -2.16. The van der Waals surface area contributed by atoms with Crippen molar-refractivity contribution in [3.8, 4) is 0 Å². The summed E-state index contributed by atoms with van der Waals surface area (Å²) in [4.78, 5) is 0. The third kappa shape index (κ3) is 4.83. The summed E-state index contributed by atoms with van der Waals surface area (Å²) < 4.78 is 0. The first-order valence-corrected chi connectivity index (χ1v) is 6.24. The SMILES string of the molecule is CC1=C/C(=C/C=C/C(C)(C)C)CC(C)(C)C1. The van der Waals surface area contributed by atoms with Gasteiger partial charge >= 0.3 is 0 Å². The fourth-order valence-electron chi connectivity index (χ4n) is 2.36. The average molecular weight is 218 g/mol. The van der Waals surface area contributed by atoms with E-state index in [0.29, 0.717) is 5.41 Å². The van der Waals surface area contributed by atoms with Crippen molar-refractivity contribution in [1.29, 1.82) is 0 Å². The molecule has 0 N–H and O–H groups in total. The largest absolute Gasteiger partial charge is 0.0791 e. The zero-order valence-electron chi connectivity index (χ0n) is 11.7. The second-order valence-corrected chi connectivity index (χ2v) is 6.98. The van der Waals surface area contributed by atoms with E-state index in [9.17, 15) is 0 Å². The zero-order valence-corrected chi connectivity index (χ0v) is 11.7. The highest BCUT2D eigenvalue weighted by molar-refractivity contribution is 5.31. The van der Waals surface area contributed by atoms with Crippen LogP contribution in [0.25, 0.3) is 0 Å². The maximum Gasteiger partial charge on any atom is -0.0200 e. The highest BCUT2D eigenvalue weighted by Gasteiger charge is 2.23. The summed E-state index contributed by atoms with van der Waals surface area (Å²) in [5, 5.41) is 0. The van der Waals surface area contributed by atoms with Gasteiger partial charge in [0.05, 0.1) is 0 Å². The van der Waals surface area contributed by atoms with Crippen molar-refractivity contribution in [3.63, 3.8) is 0 Å². The molecule has 0 saturated carbocycles. The van der Waals surface area contributed by atoms with Gasteiger partial charge in [0.25, 0.3) is 0 Å². The van der Waals surface area contributed by atoms with E-state index in [4.69, 9.17) is 0 Å². The molecule has 0 spiro atoms. The van der Waals surface area contributed by atoms with E-state index >= 15 is 0 Å². The van der Waals surface area contributed by atoms with Gasteiger partial charge in [-0.25, -0.2) is 0 Å². The Bertz CT molecular complexity index is 330. The second kappa shape index (κ2) is 4.61. The monoisotopic (exact) mass is 218 g/mol. The van der Waals surface area contributed by atoms with Gasteiger partial charge < -0.3 is 0 Å². The summed E-state index contributed by atoms with van der Waals surface area (Å²) in [5.74, 6) is 0. The summed E-state index contributed by atoms with van der Waals surface area (Å²) in [6.07, 6.45) is 11.5. The molecule has 0 aromatic heterocycles. The summed E-state index contributed by atoms with van der Waals surface area (Å²) in [6, 6.07) is 0. The van der Waals surface area contributed by atoms with Crippen molar-refractivity contribution in [1.82, 2.24) is 0 Å². The van der Waals surface area contributed by atoms with Gasteiger partial charge in [-0.15, -0.1) is 0 Å². The van der Waals surface area contributed by atoms with Gasteiger partial charge in [-0.2, -0.15) is 0 Å². The highest BCUT2D eigenvalue weighted by atomic mass is 14.3. The molecule has 0 unspecified atom stereocenters. The molecule has 0 nitrogen and oxygen atoms in total. The molecule has 0 heteroatoms. The van der Waals surface area contributed by atoms with Gasteiger partial charge in [-0.3, -0.25) is 0 Å². The van der Waals surface area contributed by atoms with Crippen LogP contribution in [0.15, 0.2) is 35.5 Å². The van der Waals surface area contributed by atoms with Crippen LogP contribution in [0.1, 0.15) is 54.4 Å². The quantitative estimate of drug-likeness (QED) is 0.561. The van der Waals surface area contributed by atoms with Crippen LogP contribution in [0, 0.1) is 10.8 Å². The van der Waals surface area contributed by atoms with Gasteiger partial charge in [-0.05, 0) is 36.2 Å². The fraction of sp³-hybridized carbons (Fsp3) is 0.625. The maximum absolute atomic E-state index is 2.35. The summed E-state index contributed by atoms with van der Waals surface area (Å²) >= 11 is 0. The number of hydrogen-bond donors (Lipinski definition) is 0. The van der Waals surface area contributed by atoms with E-state index in [1.54, 1.807) is 0 Å². The third-order valence-corrected chi connectivity index (χ3v) is 2.78. The topological polar surface area (TPSA) is 0 Å². The Balaban J connectivity index is 2.78. The number of hydrogen-bond acceptors (Lipinski definition) is 0. The molecule has 0 aromatic rings. The van der Waals surface area contributed by atoms with Gasteiger partial charge in [0.1, 0.15) is 0 Å². The molecule has 0 aliphatic heterocycles. The first-order chi connectivity index (χ1) is 7.18. The van der Waals surface area contributed by atoms with Crippen LogP contribution in [0.2, 0.25) is 0 Å². The van der Waals surface area contributed by atoms with Crippen LogP contribution in [0.3, 0.4) is 0 Å². The molecule has 0 fully saturated rings. The molecule has 1 aliphatic rings. The first kappa shape index (κ1) is 13.3. The van der Waals surface area contributed by atoms with E-state index < -0.39 is 0 Å². The van der Waals surface area contributed by atoms with Crippen LogP contribution < -0.4 is 0 Å². The molecule has 0 bridgehead atoms. The van der Waals surface area contributed by atoms with Crippen molar-refractivity contribution in [2.45, 2.75) is 54.4 Å². The fourth-order valence-corrected chi connectivity index (χ4v) is 2.36. The highest BCUT2D eigenvalue weighted by Crippen LogP contribution is 2.37. The second-order valence-electron chi connectivity index (χ2n) is 6.98. The molecule has 1 rings (SSSR count). The van der Waals surface area contributed by atoms with E-state index in [0.717, 1.165) is 0 Å². The molecule has 0 atom stereocenters. The Kier molecular flexibility index (Phi) is 3.83. The van der Waals surface area contributed by atoms with Gasteiger partial charge in [0.15, 0.2) is 0 Å². The molecular weight excluding hydrogens is 192 g/mol. The van der Waals surface area contributed by atoms with Crippen molar-refractivity contribution >= 4 is 0 Å². The predicted octanol–water partition coefficient (Wildman–Crippen LogP) is 5.28. The minimum absolute atomic E-state index is 0.278. The summed E-state index contributed by atoms with van der Waals surface area (Å²) in [6.45, 7) is 13.6. The van der Waals surface area contributed by atoms with Crippen molar-refractivity contribution in [2.75, 3.05) is 0 Å². The van der Waals surface area contributed by atoms with Crippen molar-refractivity contribution in [2.24, 2.45) is 10.8 Å². The van der Waals surface area contributed by atoms with Gasteiger partial charge in [0.2, 0.25) is 0 Å². The van der Waals surface area contributed by atoms with Crippen LogP contribution in [0.5, 0.6) is 0 Å². The van der Waals surface area contributed by atoms with E-state index in [2.05, 4.69) is 65.8 Å². The third-order valence-electron chi connectivity index (χ3n) is 2.78. The lowest BCUT2D eigenvalue weighted by molar-refractivity contribution is 0.351. The number of rotatable bonds is 1. The normalized spacial score (nSPS) is 23.9. The Labute approximate surface area is 101 Å². The Morgan fingerprint density at radius 1 is 1.19 bits per heavy atom. The van der Waals surface area contributed by atoms with Crippen LogP contribution in [-0.4, -0.2) is 0 Å².